The predicted molar refractivity (Wildman–Crippen MR) is 70.0 cm³/mol. The summed E-state index contributed by atoms with van der Waals surface area (Å²) in [6, 6.07) is 0. The summed E-state index contributed by atoms with van der Waals surface area (Å²) < 4.78 is 1.02. The second kappa shape index (κ2) is 4.41. The van der Waals surface area contributed by atoms with Gasteiger partial charge in [0, 0.05) is 17.8 Å². The lowest BCUT2D eigenvalue weighted by molar-refractivity contribution is -0.118. The van der Waals surface area contributed by atoms with Crippen LogP contribution < -0.4 is 17.0 Å². The second-order valence-corrected chi connectivity index (χ2v) is 5.32. The maximum Gasteiger partial charge on any atom is 0.329 e. The standard InChI is InChI=1S/C11H13N3O3S/c1-5-6(2)18-9-8(5)10(16)14(11(17)13-9)4-3-7(12)15/h3-4H2,1-2H3,(H2,12,15)(H,13,17). The van der Waals surface area contributed by atoms with Crippen LogP contribution in [0.1, 0.15) is 16.9 Å². The van der Waals surface area contributed by atoms with Crippen LogP contribution in [0.4, 0.5) is 0 Å². The van der Waals surface area contributed by atoms with E-state index in [0.717, 1.165) is 15.0 Å². The van der Waals surface area contributed by atoms with Crippen LogP contribution in [0, 0.1) is 13.8 Å². The van der Waals surface area contributed by atoms with Gasteiger partial charge in [-0.2, -0.15) is 0 Å². The van der Waals surface area contributed by atoms with Crippen molar-refractivity contribution in [3.05, 3.63) is 31.3 Å². The predicted octanol–water partition coefficient (Wildman–Crippen LogP) is 0.244. The Morgan fingerprint density at radius 2 is 2.06 bits per heavy atom. The monoisotopic (exact) mass is 267 g/mol. The number of nitrogens with zero attached hydrogens (tertiary/aromatic N) is 1. The first-order valence-corrected chi connectivity index (χ1v) is 6.24. The van der Waals surface area contributed by atoms with Gasteiger partial charge < -0.3 is 5.73 Å². The van der Waals surface area contributed by atoms with Crippen molar-refractivity contribution in [2.75, 3.05) is 0 Å². The lowest BCUT2D eigenvalue weighted by Gasteiger charge is -2.03. The van der Waals surface area contributed by atoms with E-state index in [-0.39, 0.29) is 18.5 Å². The van der Waals surface area contributed by atoms with E-state index in [9.17, 15) is 14.4 Å². The highest BCUT2D eigenvalue weighted by Gasteiger charge is 2.14. The molecule has 0 fully saturated rings. The number of amides is 1. The van der Waals surface area contributed by atoms with Gasteiger partial charge in [-0.3, -0.25) is 19.1 Å². The second-order valence-electron chi connectivity index (χ2n) is 4.09. The molecule has 0 aromatic carbocycles. The maximum atomic E-state index is 12.2. The molecule has 2 rings (SSSR count). The van der Waals surface area contributed by atoms with Gasteiger partial charge in [-0.15, -0.1) is 11.3 Å². The maximum absolute atomic E-state index is 12.2. The molecule has 2 aromatic rings. The molecule has 2 heterocycles. The number of primary amides is 1. The van der Waals surface area contributed by atoms with Crippen LogP contribution in [0.15, 0.2) is 9.59 Å². The lowest BCUT2D eigenvalue weighted by Crippen LogP contribution is -2.36. The van der Waals surface area contributed by atoms with E-state index in [1.54, 1.807) is 0 Å². The topological polar surface area (TPSA) is 97.9 Å². The van der Waals surface area contributed by atoms with Crippen molar-refractivity contribution in [1.29, 1.82) is 0 Å². The first-order chi connectivity index (χ1) is 8.41. The molecule has 1 amide bonds. The fourth-order valence-corrected chi connectivity index (χ4v) is 2.83. The molecule has 0 bridgehead atoms. The number of thiophene rings is 1. The third-order valence-corrected chi connectivity index (χ3v) is 4.01. The number of fused-ring (bicyclic) bond motifs is 1. The number of nitrogens with two attached hydrogens (primary N) is 1. The van der Waals surface area contributed by atoms with Crippen LogP contribution in [0.5, 0.6) is 0 Å². The molecular formula is C11H13N3O3S. The third kappa shape index (κ3) is 1.97. The summed E-state index contributed by atoms with van der Waals surface area (Å²) in [4.78, 5) is 38.9. The molecule has 0 saturated carbocycles. The van der Waals surface area contributed by atoms with Crippen LogP contribution in [0.2, 0.25) is 0 Å². The van der Waals surface area contributed by atoms with Crippen LogP contribution >= 0.6 is 11.3 Å². The zero-order valence-electron chi connectivity index (χ0n) is 10.1. The first-order valence-electron chi connectivity index (χ1n) is 5.43. The molecule has 0 aliphatic heterocycles. The molecule has 18 heavy (non-hydrogen) atoms. The van der Waals surface area contributed by atoms with Crippen LogP contribution in [-0.2, 0) is 11.3 Å². The van der Waals surface area contributed by atoms with E-state index < -0.39 is 11.6 Å². The summed E-state index contributed by atoms with van der Waals surface area (Å²) in [6.45, 7) is 3.74. The van der Waals surface area contributed by atoms with Crippen molar-refractivity contribution >= 4 is 27.5 Å². The van der Waals surface area contributed by atoms with Gasteiger partial charge in [0.25, 0.3) is 5.56 Å². The number of nitrogens with one attached hydrogen (secondary N) is 1. The van der Waals surface area contributed by atoms with Crippen LogP contribution in [0.25, 0.3) is 10.2 Å². The molecule has 0 spiro atoms. The summed E-state index contributed by atoms with van der Waals surface area (Å²) in [5.74, 6) is -0.542. The van der Waals surface area contributed by atoms with Crippen LogP contribution in [0.3, 0.4) is 0 Å². The molecule has 0 radical (unpaired) electrons. The Balaban J connectivity index is 2.68. The fourth-order valence-electron chi connectivity index (χ4n) is 1.79. The molecular weight excluding hydrogens is 254 g/mol. The Morgan fingerprint density at radius 3 is 2.67 bits per heavy atom. The van der Waals surface area contributed by atoms with Crippen molar-refractivity contribution in [1.82, 2.24) is 9.55 Å². The van der Waals surface area contributed by atoms with Gasteiger partial charge in [0.15, 0.2) is 0 Å². The molecule has 0 aliphatic carbocycles. The van der Waals surface area contributed by atoms with E-state index in [1.807, 2.05) is 13.8 Å². The summed E-state index contributed by atoms with van der Waals surface area (Å²) in [5, 5.41) is 0.515. The number of hydrogen-bond donors (Lipinski definition) is 2. The minimum atomic E-state index is -0.542. The minimum absolute atomic E-state index is 0.00771. The van der Waals surface area contributed by atoms with E-state index in [4.69, 9.17) is 5.73 Å². The molecule has 0 unspecified atom stereocenters. The average molecular weight is 267 g/mol. The van der Waals surface area contributed by atoms with Gasteiger partial charge >= 0.3 is 5.69 Å². The van der Waals surface area contributed by atoms with E-state index in [2.05, 4.69) is 4.98 Å². The van der Waals surface area contributed by atoms with E-state index >= 15 is 0 Å². The fraction of sp³-hybridized carbons (Fsp3) is 0.364. The number of aromatic nitrogens is 2. The Labute approximate surface area is 106 Å². The normalized spacial score (nSPS) is 11.0. The SMILES string of the molecule is Cc1sc2[nH]c(=O)n(CCC(N)=O)c(=O)c2c1C. The molecule has 2 aromatic heterocycles. The molecule has 7 heteroatoms. The summed E-state index contributed by atoms with van der Waals surface area (Å²) in [5.41, 5.74) is 5.02. The number of carbonyl (C=O) groups excluding carboxylic acids is 1. The number of H-pyrrole nitrogens is 1. The Bertz CT molecular complexity index is 738. The van der Waals surface area contributed by atoms with E-state index in [1.165, 1.54) is 11.3 Å². The van der Waals surface area contributed by atoms with Gasteiger partial charge in [0.05, 0.1) is 5.39 Å². The first kappa shape index (κ1) is 12.6. The smallest absolute Gasteiger partial charge is 0.329 e. The summed E-state index contributed by atoms with van der Waals surface area (Å²) in [6.07, 6.45) is -0.0311. The van der Waals surface area contributed by atoms with Crippen molar-refractivity contribution in [2.24, 2.45) is 5.73 Å². The average Bonchev–Trinajstić information content (AvgIpc) is 2.53. The Morgan fingerprint density at radius 1 is 1.39 bits per heavy atom. The number of rotatable bonds is 3. The zero-order chi connectivity index (χ0) is 13.4. The molecule has 0 saturated heterocycles. The molecule has 3 N–H and O–H groups in total. The van der Waals surface area contributed by atoms with Crippen LogP contribution in [-0.4, -0.2) is 15.5 Å². The number of aromatic amines is 1. The molecule has 0 aliphatic rings. The largest absolute Gasteiger partial charge is 0.370 e. The quantitative estimate of drug-likeness (QED) is 0.833. The lowest BCUT2D eigenvalue weighted by atomic mass is 10.2. The van der Waals surface area contributed by atoms with Gasteiger partial charge in [-0.05, 0) is 19.4 Å². The molecule has 6 nitrogen and oxygen atoms in total. The van der Waals surface area contributed by atoms with Gasteiger partial charge in [-0.1, -0.05) is 0 Å². The molecule has 0 atom stereocenters. The Hall–Kier alpha value is -1.89. The van der Waals surface area contributed by atoms with Crippen molar-refractivity contribution < 1.29 is 4.79 Å². The number of aryl methyl sites for hydroxylation is 2. The van der Waals surface area contributed by atoms with Gasteiger partial charge in [0.2, 0.25) is 5.91 Å². The number of carbonyl (C=O) groups is 1. The number of hydrogen-bond acceptors (Lipinski definition) is 4. The van der Waals surface area contributed by atoms with Crippen molar-refractivity contribution in [3.63, 3.8) is 0 Å². The highest BCUT2D eigenvalue weighted by molar-refractivity contribution is 7.18. The summed E-state index contributed by atoms with van der Waals surface area (Å²) in [7, 11) is 0. The highest BCUT2D eigenvalue weighted by atomic mass is 32.1. The van der Waals surface area contributed by atoms with Crippen molar-refractivity contribution in [2.45, 2.75) is 26.8 Å². The summed E-state index contributed by atoms with van der Waals surface area (Å²) >= 11 is 1.38. The third-order valence-electron chi connectivity index (χ3n) is 2.89. The highest BCUT2D eigenvalue weighted by Crippen LogP contribution is 2.24. The van der Waals surface area contributed by atoms with Crippen molar-refractivity contribution in [3.8, 4) is 0 Å². The zero-order valence-corrected chi connectivity index (χ0v) is 10.9. The van der Waals surface area contributed by atoms with E-state index in [0.29, 0.717) is 10.2 Å². The minimum Gasteiger partial charge on any atom is -0.370 e. The van der Waals surface area contributed by atoms with Gasteiger partial charge in [-0.25, -0.2) is 4.79 Å². The molecule has 96 valence electrons. The van der Waals surface area contributed by atoms with Gasteiger partial charge in [0.1, 0.15) is 4.83 Å². The Kier molecular flexibility index (Phi) is 3.08.